The molecule has 104 valence electrons. The van der Waals surface area contributed by atoms with Crippen molar-refractivity contribution < 1.29 is 13.6 Å². The number of thioether (sulfide) groups is 1. The molecule has 0 atom stereocenters. The minimum Gasteiger partial charge on any atom is -0.319 e. The van der Waals surface area contributed by atoms with Crippen LogP contribution in [0.1, 0.15) is 15.9 Å². The fourth-order valence-electron chi connectivity index (χ4n) is 1.71. The average Bonchev–Trinajstić information content (AvgIpc) is 2.45. The Labute approximate surface area is 120 Å². The van der Waals surface area contributed by atoms with E-state index in [1.807, 2.05) is 18.4 Å². The number of anilines is 1. The van der Waals surface area contributed by atoms with Gasteiger partial charge in [0.2, 0.25) is 0 Å². The molecule has 0 unspecified atom stereocenters. The van der Waals surface area contributed by atoms with Crippen molar-refractivity contribution in [1.82, 2.24) is 0 Å². The van der Waals surface area contributed by atoms with E-state index in [0.29, 0.717) is 5.56 Å². The zero-order valence-electron chi connectivity index (χ0n) is 10.8. The third kappa shape index (κ3) is 3.36. The molecule has 0 aliphatic heterocycles. The predicted molar refractivity (Wildman–Crippen MR) is 78.0 cm³/mol. The maximum absolute atomic E-state index is 13.4. The van der Waals surface area contributed by atoms with Crippen molar-refractivity contribution in [2.45, 2.75) is 5.75 Å². The standard InChI is InChI=1S/C15H13F2NOS/c1-20-9-10-5-7-11(8-6-10)15(19)18-13-4-2-3-12(16)14(13)17/h2-8H,9H2,1H3,(H,18,19). The van der Waals surface area contributed by atoms with Gasteiger partial charge in [0.25, 0.3) is 5.91 Å². The predicted octanol–water partition coefficient (Wildman–Crippen LogP) is 4.08. The van der Waals surface area contributed by atoms with Gasteiger partial charge in [-0.05, 0) is 36.1 Å². The lowest BCUT2D eigenvalue weighted by Gasteiger charge is -2.07. The maximum Gasteiger partial charge on any atom is 0.255 e. The van der Waals surface area contributed by atoms with Crippen molar-refractivity contribution in [3.8, 4) is 0 Å². The van der Waals surface area contributed by atoms with Gasteiger partial charge in [0.1, 0.15) is 0 Å². The van der Waals surface area contributed by atoms with E-state index in [0.717, 1.165) is 17.4 Å². The summed E-state index contributed by atoms with van der Waals surface area (Å²) in [5, 5.41) is 2.36. The zero-order chi connectivity index (χ0) is 14.5. The van der Waals surface area contributed by atoms with E-state index in [1.165, 1.54) is 12.1 Å². The molecule has 1 amide bonds. The molecule has 0 radical (unpaired) electrons. The summed E-state index contributed by atoms with van der Waals surface area (Å²) >= 11 is 1.68. The summed E-state index contributed by atoms with van der Waals surface area (Å²) in [6, 6.07) is 10.7. The van der Waals surface area contributed by atoms with Crippen LogP contribution in [0.4, 0.5) is 14.5 Å². The highest BCUT2D eigenvalue weighted by molar-refractivity contribution is 7.97. The first-order chi connectivity index (χ1) is 9.61. The molecule has 0 saturated heterocycles. The van der Waals surface area contributed by atoms with Crippen LogP contribution in [0.3, 0.4) is 0 Å². The minimum atomic E-state index is -1.06. The van der Waals surface area contributed by atoms with Crippen molar-refractivity contribution >= 4 is 23.4 Å². The Morgan fingerprint density at radius 2 is 1.85 bits per heavy atom. The molecule has 0 aliphatic rings. The van der Waals surface area contributed by atoms with E-state index < -0.39 is 17.5 Å². The van der Waals surface area contributed by atoms with E-state index in [4.69, 9.17) is 0 Å². The number of amides is 1. The van der Waals surface area contributed by atoms with Crippen LogP contribution >= 0.6 is 11.8 Å². The van der Waals surface area contributed by atoms with Crippen molar-refractivity contribution in [1.29, 1.82) is 0 Å². The van der Waals surface area contributed by atoms with Crippen LogP contribution in [0.5, 0.6) is 0 Å². The largest absolute Gasteiger partial charge is 0.319 e. The molecular weight excluding hydrogens is 280 g/mol. The highest BCUT2D eigenvalue weighted by atomic mass is 32.2. The molecule has 0 aliphatic carbocycles. The van der Waals surface area contributed by atoms with Gasteiger partial charge in [-0.2, -0.15) is 11.8 Å². The van der Waals surface area contributed by atoms with Crippen molar-refractivity contribution in [2.75, 3.05) is 11.6 Å². The van der Waals surface area contributed by atoms with Gasteiger partial charge in [-0.3, -0.25) is 4.79 Å². The van der Waals surface area contributed by atoms with Crippen LogP contribution in [0.2, 0.25) is 0 Å². The third-order valence-corrected chi connectivity index (χ3v) is 3.35. The summed E-state index contributed by atoms with van der Waals surface area (Å²) in [4.78, 5) is 11.9. The van der Waals surface area contributed by atoms with E-state index in [2.05, 4.69) is 5.32 Å². The number of carbonyl (C=O) groups excluding carboxylic acids is 1. The molecule has 20 heavy (non-hydrogen) atoms. The second-order valence-corrected chi connectivity index (χ2v) is 5.05. The number of hydrogen-bond donors (Lipinski definition) is 1. The summed E-state index contributed by atoms with van der Waals surface area (Å²) in [5.74, 6) is -1.65. The molecular formula is C15H13F2NOS. The molecule has 0 spiro atoms. The average molecular weight is 293 g/mol. The number of benzene rings is 2. The SMILES string of the molecule is CSCc1ccc(C(=O)Nc2cccc(F)c2F)cc1. The Bertz CT molecular complexity index is 614. The van der Waals surface area contributed by atoms with Crippen LogP contribution in [0.25, 0.3) is 0 Å². The Kier molecular flexibility index (Phi) is 4.74. The quantitative estimate of drug-likeness (QED) is 0.920. The van der Waals surface area contributed by atoms with Crippen molar-refractivity contribution in [2.24, 2.45) is 0 Å². The Hall–Kier alpha value is -1.88. The molecule has 2 nitrogen and oxygen atoms in total. The van der Waals surface area contributed by atoms with E-state index in [1.54, 1.807) is 23.9 Å². The summed E-state index contributed by atoms with van der Waals surface area (Å²) in [7, 11) is 0. The summed E-state index contributed by atoms with van der Waals surface area (Å²) < 4.78 is 26.5. The third-order valence-electron chi connectivity index (χ3n) is 2.73. The van der Waals surface area contributed by atoms with Crippen molar-refractivity contribution in [3.63, 3.8) is 0 Å². The molecule has 0 saturated carbocycles. The highest BCUT2D eigenvalue weighted by Gasteiger charge is 2.12. The summed E-state index contributed by atoms with van der Waals surface area (Å²) in [6.45, 7) is 0. The van der Waals surface area contributed by atoms with Crippen LogP contribution in [-0.2, 0) is 5.75 Å². The Morgan fingerprint density at radius 3 is 2.50 bits per heavy atom. The normalized spacial score (nSPS) is 10.3. The first-order valence-electron chi connectivity index (χ1n) is 5.95. The lowest BCUT2D eigenvalue weighted by Crippen LogP contribution is -2.13. The summed E-state index contributed by atoms with van der Waals surface area (Å²) in [6.07, 6.45) is 1.99. The maximum atomic E-state index is 13.4. The fraction of sp³-hybridized carbons (Fsp3) is 0.133. The Morgan fingerprint density at radius 1 is 1.15 bits per heavy atom. The van der Waals surface area contributed by atoms with Gasteiger partial charge < -0.3 is 5.32 Å². The van der Waals surface area contributed by atoms with Gasteiger partial charge in [0, 0.05) is 11.3 Å². The van der Waals surface area contributed by atoms with Gasteiger partial charge in [0.05, 0.1) is 5.69 Å². The van der Waals surface area contributed by atoms with Gasteiger partial charge in [0.15, 0.2) is 11.6 Å². The highest BCUT2D eigenvalue weighted by Crippen LogP contribution is 2.18. The van der Waals surface area contributed by atoms with Crippen LogP contribution < -0.4 is 5.32 Å². The molecule has 2 aromatic rings. The summed E-state index contributed by atoms with van der Waals surface area (Å²) in [5.41, 5.74) is 1.34. The van der Waals surface area contributed by atoms with Crippen molar-refractivity contribution in [3.05, 3.63) is 65.2 Å². The number of nitrogens with one attached hydrogen (secondary N) is 1. The topological polar surface area (TPSA) is 29.1 Å². The molecule has 0 heterocycles. The molecule has 1 N–H and O–H groups in total. The van der Waals surface area contributed by atoms with E-state index in [9.17, 15) is 13.6 Å². The molecule has 0 fully saturated rings. The zero-order valence-corrected chi connectivity index (χ0v) is 11.6. The minimum absolute atomic E-state index is 0.164. The first kappa shape index (κ1) is 14.5. The number of carbonyl (C=O) groups is 1. The van der Waals surface area contributed by atoms with E-state index >= 15 is 0 Å². The second kappa shape index (κ2) is 6.52. The van der Waals surface area contributed by atoms with Gasteiger partial charge >= 0.3 is 0 Å². The number of hydrogen-bond acceptors (Lipinski definition) is 2. The van der Waals surface area contributed by atoms with Gasteiger partial charge in [-0.1, -0.05) is 18.2 Å². The lowest BCUT2D eigenvalue weighted by atomic mass is 10.1. The first-order valence-corrected chi connectivity index (χ1v) is 7.34. The Balaban J connectivity index is 2.13. The molecule has 2 aromatic carbocycles. The van der Waals surface area contributed by atoms with E-state index in [-0.39, 0.29) is 5.69 Å². The molecule has 0 aromatic heterocycles. The molecule has 2 rings (SSSR count). The second-order valence-electron chi connectivity index (χ2n) is 4.19. The molecule has 5 heteroatoms. The van der Waals surface area contributed by atoms with Crippen LogP contribution in [-0.4, -0.2) is 12.2 Å². The number of rotatable bonds is 4. The van der Waals surface area contributed by atoms with Gasteiger partial charge in [-0.15, -0.1) is 0 Å². The monoisotopic (exact) mass is 293 g/mol. The number of halogens is 2. The van der Waals surface area contributed by atoms with Crippen LogP contribution in [0, 0.1) is 11.6 Å². The molecule has 0 bridgehead atoms. The fourth-order valence-corrected chi connectivity index (χ4v) is 2.24. The van der Waals surface area contributed by atoms with Crippen LogP contribution in [0.15, 0.2) is 42.5 Å². The lowest BCUT2D eigenvalue weighted by molar-refractivity contribution is 0.102. The van der Waals surface area contributed by atoms with Gasteiger partial charge in [-0.25, -0.2) is 8.78 Å². The smallest absolute Gasteiger partial charge is 0.255 e.